The number of halogens is 3. The molecule has 32 heavy (non-hydrogen) atoms. The lowest BCUT2D eigenvalue weighted by Gasteiger charge is -2.35. The van der Waals surface area contributed by atoms with E-state index in [2.05, 4.69) is 10.2 Å². The zero-order valence-corrected chi connectivity index (χ0v) is 16.7. The minimum absolute atomic E-state index is 0.100. The van der Waals surface area contributed by atoms with Crippen LogP contribution in [0.4, 0.5) is 24.5 Å². The number of hydrogen-bond donors (Lipinski definition) is 1. The summed E-state index contributed by atoms with van der Waals surface area (Å²) in [4.78, 5) is 26.5. The third kappa shape index (κ3) is 4.27. The van der Waals surface area contributed by atoms with Gasteiger partial charge < -0.3 is 9.80 Å². The zero-order valence-electron chi connectivity index (χ0n) is 16.7. The van der Waals surface area contributed by atoms with Crippen molar-refractivity contribution >= 4 is 17.3 Å². The molecule has 1 N–H and O–H groups in total. The topological polar surface area (TPSA) is 95.4 Å². The van der Waals surface area contributed by atoms with Crippen molar-refractivity contribution in [2.75, 3.05) is 31.1 Å². The van der Waals surface area contributed by atoms with Gasteiger partial charge in [-0.15, -0.1) is 0 Å². The molecule has 0 atom stereocenters. The van der Waals surface area contributed by atoms with E-state index in [4.69, 9.17) is 0 Å². The third-order valence-electron chi connectivity index (χ3n) is 5.28. The largest absolute Gasteiger partial charge is 0.416 e. The Morgan fingerprint density at radius 1 is 1.03 bits per heavy atom. The van der Waals surface area contributed by atoms with Crippen LogP contribution >= 0.6 is 0 Å². The van der Waals surface area contributed by atoms with E-state index in [9.17, 15) is 28.1 Å². The normalized spacial score (nSPS) is 14.5. The van der Waals surface area contributed by atoms with Gasteiger partial charge in [-0.25, -0.2) is 0 Å². The fourth-order valence-corrected chi connectivity index (χ4v) is 3.62. The summed E-state index contributed by atoms with van der Waals surface area (Å²) < 4.78 is 38.8. The Morgan fingerprint density at radius 3 is 2.34 bits per heavy atom. The van der Waals surface area contributed by atoms with E-state index >= 15 is 0 Å². The molecule has 0 unspecified atom stereocenters. The van der Waals surface area contributed by atoms with Crippen molar-refractivity contribution in [2.45, 2.75) is 6.18 Å². The molecule has 3 aromatic rings. The molecule has 1 fully saturated rings. The smallest absolute Gasteiger partial charge is 0.362 e. The second kappa shape index (κ2) is 8.33. The lowest BCUT2D eigenvalue weighted by Crippen LogP contribution is -2.49. The molecule has 8 nitrogen and oxygen atoms in total. The van der Waals surface area contributed by atoms with Crippen LogP contribution in [0.5, 0.6) is 0 Å². The van der Waals surface area contributed by atoms with Gasteiger partial charge in [0.2, 0.25) is 0 Å². The summed E-state index contributed by atoms with van der Waals surface area (Å²) in [6, 6.07) is 13.5. The maximum absolute atomic E-state index is 12.9. The van der Waals surface area contributed by atoms with E-state index in [0.29, 0.717) is 17.5 Å². The first-order valence-electron chi connectivity index (χ1n) is 9.75. The van der Waals surface area contributed by atoms with Gasteiger partial charge in [-0.3, -0.25) is 20.0 Å². The Morgan fingerprint density at radius 2 is 1.72 bits per heavy atom. The van der Waals surface area contributed by atoms with Crippen LogP contribution < -0.4 is 4.90 Å². The number of rotatable bonds is 4. The predicted molar refractivity (Wildman–Crippen MR) is 110 cm³/mol. The molecule has 1 amide bonds. The summed E-state index contributed by atoms with van der Waals surface area (Å²) in [5.74, 6) is -0.263. The third-order valence-corrected chi connectivity index (χ3v) is 5.28. The molecule has 0 bridgehead atoms. The lowest BCUT2D eigenvalue weighted by molar-refractivity contribution is -0.384. The van der Waals surface area contributed by atoms with Crippen LogP contribution in [-0.4, -0.2) is 52.1 Å². The maximum atomic E-state index is 12.9. The number of nitrogens with zero attached hydrogens (tertiary/aromatic N) is 4. The number of carbonyl (C=O) groups is 1. The monoisotopic (exact) mass is 445 g/mol. The van der Waals surface area contributed by atoms with Crippen molar-refractivity contribution in [3.63, 3.8) is 0 Å². The van der Waals surface area contributed by atoms with Gasteiger partial charge in [0.25, 0.3) is 11.6 Å². The first-order chi connectivity index (χ1) is 15.2. The SMILES string of the molecule is O=C(c1cc(-c2ccccc2)n[nH]1)N1CCN(c2ccc(C(F)(F)F)cc2[N+](=O)[O-])CC1. The highest BCUT2D eigenvalue weighted by atomic mass is 19.4. The molecule has 4 rings (SSSR count). The van der Waals surface area contributed by atoms with Gasteiger partial charge in [-0.2, -0.15) is 18.3 Å². The number of aromatic amines is 1. The molecule has 166 valence electrons. The van der Waals surface area contributed by atoms with Gasteiger partial charge in [-0.05, 0) is 18.2 Å². The van der Waals surface area contributed by atoms with Crippen molar-refractivity contribution < 1.29 is 22.9 Å². The number of carbonyl (C=O) groups excluding carboxylic acids is 1. The highest BCUT2D eigenvalue weighted by Gasteiger charge is 2.34. The average molecular weight is 445 g/mol. The number of nitro benzene ring substituents is 1. The second-order valence-corrected chi connectivity index (χ2v) is 7.27. The first kappa shape index (κ1) is 21.3. The number of nitrogens with one attached hydrogen (secondary N) is 1. The number of piperazine rings is 1. The van der Waals surface area contributed by atoms with Crippen molar-refractivity contribution in [1.29, 1.82) is 0 Å². The summed E-state index contributed by atoms with van der Waals surface area (Å²) in [6.07, 6.45) is -4.67. The summed E-state index contributed by atoms with van der Waals surface area (Å²) in [5, 5.41) is 18.3. The van der Waals surface area contributed by atoms with Crippen LogP contribution in [0.25, 0.3) is 11.3 Å². The number of benzene rings is 2. The Kier molecular flexibility index (Phi) is 5.56. The Hall–Kier alpha value is -3.89. The van der Waals surface area contributed by atoms with E-state index in [1.54, 1.807) is 15.9 Å². The van der Waals surface area contributed by atoms with Crippen LogP contribution in [0, 0.1) is 10.1 Å². The van der Waals surface area contributed by atoms with E-state index in [0.717, 1.165) is 17.7 Å². The molecule has 0 spiro atoms. The minimum Gasteiger partial charge on any atom is -0.362 e. The Bertz CT molecular complexity index is 1140. The van der Waals surface area contributed by atoms with E-state index in [-0.39, 0.29) is 37.8 Å². The molecule has 1 aliphatic rings. The van der Waals surface area contributed by atoms with Crippen molar-refractivity contribution in [3.05, 3.63) is 76.0 Å². The predicted octanol–water partition coefficient (Wildman–Crippen LogP) is 3.97. The van der Waals surface area contributed by atoms with Crippen LogP contribution in [0.2, 0.25) is 0 Å². The fourth-order valence-electron chi connectivity index (χ4n) is 3.62. The van der Waals surface area contributed by atoms with Crippen molar-refractivity contribution in [3.8, 4) is 11.3 Å². The van der Waals surface area contributed by atoms with E-state index in [1.807, 2.05) is 30.3 Å². The highest BCUT2D eigenvalue weighted by molar-refractivity contribution is 5.93. The molecule has 1 saturated heterocycles. The molecule has 0 aliphatic carbocycles. The fraction of sp³-hybridized carbons (Fsp3) is 0.238. The van der Waals surface area contributed by atoms with Crippen LogP contribution in [-0.2, 0) is 6.18 Å². The quantitative estimate of drug-likeness (QED) is 0.484. The van der Waals surface area contributed by atoms with Gasteiger partial charge in [0.1, 0.15) is 11.4 Å². The van der Waals surface area contributed by atoms with Crippen LogP contribution in [0.3, 0.4) is 0 Å². The first-order valence-corrected chi connectivity index (χ1v) is 9.75. The molecule has 1 aliphatic heterocycles. The number of hydrogen-bond acceptors (Lipinski definition) is 5. The molecular weight excluding hydrogens is 427 g/mol. The number of alkyl halides is 3. The number of amides is 1. The second-order valence-electron chi connectivity index (χ2n) is 7.27. The number of aromatic nitrogens is 2. The minimum atomic E-state index is -4.67. The number of anilines is 1. The molecule has 11 heteroatoms. The van der Waals surface area contributed by atoms with Gasteiger partial charge >= 0.3 is 6.18 Å². The molecule has 0 radical (unpaired) electrons. The molecule has 2 aromatic carbocycles. The Labute approximate surface area is 180 Å². The molecule has 0 saturated carbocycles. The summed E-state index contributed by atoms with van der Waals surface area (Å²) in [7, 11) is 0. The van der Waals surface area contributed by atoms with Crippen LogP contribution in [0.1, 0.15) is 16.1 Å². The standard InChI is InChI=1S/C21H18F3N5O3/c22-21(23,24)15-6-7-18(19(12-15)29(31)32)27-8-10-28(11-9-27)20(30)17-13-16(25-26-17)14-4-2-1-3-5-14/h1-7,12-13H,8-11H2,(H,25,26). The van der Waals surface area contributed by atoms with E-state index in [1.165, 1.54) is 0 Å². The Balaban J connectivity index is 1.46. The highest BCUT2D eigenvalue weighted by Crippen LogP contribution is 2.36. The zero-order chi connectivity index (χ0) is 22.9. The van der Waals surface area contributed by atoms with Gasteiger partial charge in [-0.1, -0.05) is 30.3 Å². The lowest BCUT2D eigenvalue weighted by atomic mass is 10.1. The molecule has 2 heterocycles. The van der Waals surface area contributed by atoms with E-state index < -0.39 is 22.4 Å². The summed E-state index contributed by atoms with van der Waals surface area (Å²) in [6.45, 7) is 1.02. The van der Waals surface area contributed by atoms with Gasteiger partial charge in [0.05, 0.1) is 16.2 Å². The van der Waals surface area contributed by atoms with Gasteiger partial charge in [0, 0.05) is 37.8 Å². The van der Waals surface area contributed by atoms with Gasteiger partial charge in [0.15, 0.2) is 0 Å². The summed E-state index contributed by atoms with van der Waals surface area (Å²) in [5.41, 5.74) is 0.229. The summed E-state index contributed by atoms with van der Waals surface area (Å²) >= 11 is 0. The maximum Gasteiger partial charge on any atom is 0.416 e. The van der Waals surface area contributed by atoms with Crippen molar-refractivity contribution in [2.24, 2.45) is 0 Å². The van der Waals surface area contributed by atoms with Crippen LogP contribution in [0.15, 0.2) is 54.6 Å². The molecular formula is C21H18F3N5O3. The van der Waals surface area contributed by atoms with Crippen molar-refractivity contribution in [1.82, 2.24) is 15.1 Å². The number of H-pyrrole nitrogens is 1. The molecule has 1 aromatic heterocycles. The average Bonchev–Trinajstić information content (AvgIpc) is 3.28. The number of nitro groups is 1.